The summed E-state index contributed by atoms with van der Waals surface area (Å²) >= 11 is 0. The molecule has 4 nitrogen and oxygen atoms in total. The van der Waals surface area contributed by atoms with Crippen molar-refractivity contribution >= 4 is 5.97 Å². The maximum atomic E-state index is 12.0. The Labute approximate surface area is 118 Å². The minimum Gasteiger partial charge on any atom is -0.461 e. The van der Waals surface area contributed by atoms with Crippen LogP contribution in [0.25, 0.3) is 11.3 Å². The highest BCUT2D eigenvalue weighted by atomic mass is 16.5. The number of esters is 1. The van der Waals surface area contributed by atoms with E-state index in [1.807, 2.05) is 51.1 Å². The number of carbonyl (C=O) groups is 1. The van der Waals surface area contributed by atoms with Gasteiger partial charge < -0.3 is 9.15 Å². The van der Waals surface area contributed by atoms with Crippen LogP contribution in [-0.4, -0.2) is 17.6 Å². The van der Waals surface area contributed by atoms with E-state index >= 15 is 0 Å². The van der Waals surface area contributed by atoms with E-state index < -0.39 is 5.97 Å². The van der Waals surface area contributed by atoms with E-state index in [2.05, 4.69) is 4.98 Å². The van der Waals surface area contributed by atoms with Crippen molar-refractivity contribution in [2.45, 2.75) is 33.1 Å². The van der Waals surface area contributed by atoms with E-state index in [9.17, 15) is 4.79 Å². The van der Waals surface area contributed by atoms with Gasteiger partial charge in [0.1, 0.15) is 0 Å². The molecule has 1 aromatic heterocycles. The van der Waals surface area contributed by atoms with Crippen LogP contribution >= 0.6 is 0 Å². The number of oxazole rings is 1. The Kier molecular flexibility index (Phi) is 3.93. The summed E-state index contributed by atoms with van der Waals surface area (Å²) in [6.07, 6.45) is 0. The van der Waals surface area contributed by atoms with Gasteiger partial charge in [-0.1, -0.05) is 51.1 Å². The summed E-state index contributed by atoms with van der Waals surface area (Å²) in [5.74, 6) is 0.541. The quantitative estimate of drug-likeness (QED) is 0.798. The normalized spacial score (nSPS) is 11.4. The van der Waals surface area contributed by atoms with Crippen molar-refractivity contribution in [2.24, 2.45) is 0 Å². The average molecular weight is 273 g/mol. The molecule has 2 aromatic rings. The SMILES string of the molecule is CCOC(=O)c1nc(C(C)(C)C)oc1-c1ccccc1. The molecule has 1 heterocycles. The molecule has 1 aromatic carbocycles. The van der Waals surface area contributed by atoms with Crippen LogP contribution in [0.4, 0.5) is 0 Å². The maximum Gasteiger partial charge on any atom is 0.360 e. The minimum absolute atomic E-state index is 0.239. The molecule has 106 valence electrons. The molecule has 0 aliphatic carbocycles. The zero-order chi connectivity index (χ0) is 14.8. The molecule has 0 spiro atoms. The van der Waals surface area contributed by atoms with E-state index in [-0.39, 0.29) is 11.1 Å². The molecule has 2 rings (SSSR count). The molecule has 0 N–H and O–H groups in total. The van der Waals surface area contributed by atoms with Gasteiger partial charge in [-0.2, -0.15) is 0 Å². The standard InChI is InChI=1S/C16H19NO3/c1-5-19-14(18)12-13(11-9-7-6-8-10-11)20-15(17-12)16(2,3)4/h6-10H,5H2,1-4H3. The number of nitrogens with zero attached hydrogens (tertiary/aromatic N) is 1. The Morgan fingerprint density at radius 2 is 1.90 bits per heavy atom. The van der Waals surface area contributed by atoms with Crippen LogP contribution < -0.4 is 0 Å². The first-order valence-corrected chi connectivity index (χ1v) is 6.67. The summed E-state index contributed by atoms with van der Waals surface area (Å²) in [7, 11) is 0. The number of hydrogen-bond donors (Lipinski definition) is 0. The van der Waals surface area contributed by atoms with Crippen molar-refractivity contribution in [3.05, 3.63) is 41.9 Å². The van der Waals surface area contributed by atoms with Gasteiger partial charge in [0.2, 0.25) is 5.89 Å². The van der Waals surface area contributed by atoms with Crippen LogP contribution in [-0.2, 0) is 10.2 Å². The summed E-state index contributed by atoms with van der Waals surface area (Å²) in [6.45, 7) is 8.04. The number of ether oxygens (including phenoxy) is 1. The van der Waals surface area contributed by atoms with Gasteiger partial charge in [-0.25, -0.2) is 9.78 Å². The Hall–Kier alpha value is -2.10. The summed E-state index contributed by atoms with van der Waals surface area (Å²) in [4.78, 5) is 16.4. The highest BCUT2D eigenvalue weighted by molar-refractivity contribution is 5.93. The Morgan fingerprint density at radius 1 is 1.25 bits per heavy atom. The van der Waals surface area contributed by atoms with E-state index in [4.69, 9.17) is 9.15 Å². The number of carbonyl (C=O) groups excluding carboxylic acids is 1. The monoisotopic (exact) mass is 273 g/mol. The van der Waals surface area contributed by atoms with Gasteiger partial charge in [-0.3, -0.25) is 0 Å². The van der Waals surface area contributed by atoms with E-state index in [0.717, 1.165) is 5.56 Å². The van der Waals surface area contributed by atoms with Crippen LogP contribution in [0.1, 0.15) is 44.1 Å². The molecular weight excluding hydrogens is 254 g/mol. The number of aromatic nitrogens is 1. The van der Waals surface area contributed by atoms with E-state index in [1.165, 1.54) is 0 Å². The fourth-order valence-electron chi connectivity index (χ4n) is 1.76. The highest BCUT2D eigenvalue weighted by Crippen LogP contribution is 2.30. The molecule has 0 aliphatic rings. The molecule has 0 atom stereocenters. The average Bonchev–Trinajstić information content (AvgIpc) is 2.85. The van der Waals surface area contributed by atoms with Gasteiger partial charge in [0.15, 0.2) is 11.5 Å². The van der Waals surface area contributed by atoms with Crippen molar-refractivity contribution in [3.8, 4) is 11.3 Å². The van der Waals surface area contributed by atoms with Crippen LogP contribution in [0.3, 0.4) is 0 Å². The second-order valence-electron chi connectivity index (χ2n) is 5.53. The summed E-state index contributed by atoms with van der Waals surface area (Å²) < 4.78 is 10.9. The van der Waals surface area contributed by atoms with Crippen LogP contribution in [0.15, 0.2) is 34.7 Å². The van der Waals surface area contributed by atoms with Crippen molar-refractivity contribution < 1.29 is 13.9 Å². The van der Waals surface area contributed by atoms with Gasteiger partial charge in [0.05, 0.1) is 6.61 Å². The van der Waals surface area contributed by atoms with Gasteiger partial charge in [-0.05, 0) is 6.92 Å². The fraction of sp³-hybridized carbons (Fsp3) is 0.375. The second-order valence-corrected chi connectivity index (χ2v) is 5.53. The molecule has 0 amide bonds. The third-order valence-electron chi connectivity index (χ3n) is 2.77. The van der Waals surface area contributed by atoms with Crippen LogP contribution in [0.2, 0.25) is 0 Å². The Bertz CT molecular complexity index is 594. The Morgan fingerprint density at radius 3 is 2.45 bits per heavy atom. The number of benzene rings is 1. The van der Waals surface area contributed by atoms with Crippen molar-refractivity contribution in [1.29, 1.82) is 0 Å². The highest BCUT2D eigenvalue weighted by Gasteiger charge is 2.28. The molecule has 20 heavy (non-hydrogen) atoms. The molecule has 4 heteroatoms. The molecule has 0 unspecified atom stereocenters. The smallest absolute Gasteiger partial charge is 0.360 e. The van der Waals surface area contributed by atoms with Gasteiger partial charge in [0.25, 0.3) is 0 Å². The summed E-state index contributed by atoms with van der Waals surface area (Å²) in [5.41, 5.74) is 0.787. The largest absolute Gasteiger partial charge is 0.461 e. The lowest BCUT2D eigenvalue weighted by atomic mass is 9.97. The van der Waals surface area contributed by atoms with Crippen LogP contribution in [0, 0.1) is 0 Å². The zero-order valence-corrected chi connectivity index (χ0v) is 12.3. The van der Waals surface area contributed by atoms with Crippen molar-refractivity contribution in [2.75, 3.05) is 6.61 Å². The minimum atomic E-state index is -0.453. The van der Waals surface area contributed by atoms with E-state index in [0.29, 0.717) is 18.3 Å². The molecule has 0 fully saturated rings. The lowest BCUT2D eigenvalue weighted by molar-refractivity contribution is 0.0520. The predicted molar refractivity (Wildman–Crippen MR) is 76.6 cm³/mol. The lowest BCUT2D eigenvalue weighted by Gasteiger charge is -2.12. The van der Waals surface area contributed by atoms with Gasteiger partial charge in [-0.15, -0.1) is 0 Å². The summed E-state index contributed by atoms with van der Waals surface area (Å²) in [5, 5.41) is 0. The first kappa shape index (κ1) is 14.3. The molecule has 0 saturated carbocycles. The lowest BCUT2D eigenvalue weighted by Crippen LogP contribution is -2.12. The molecule has 0 radical (unpaired) electrons. The zero-order valence-electron chi connectivity index (χ0n) is 12.3. The summed E-state index contributed by atoms with van der Waals surface area (Å²) in [6, 6.07) is 9.47. The van der Waals surface area contributed by atoms with Gasteiger partial charge >= 0.3 is 5.97 Å². The predicted octanol–water partition coefficient (Wildman–Crippen LogP) is 3.82. The third kappa shape index (κ3) is 2.90. The molecule has 0 aliphatic heterocycles. The van der Waals surface area contributed by atoms with Gasteiger partial charge in [0, 0.05) is 11.0 Å². The molecular formula is C16H19NO3. The number of rotatable bonds is 3. The second kappa shape index (κ2) is 5.49. The molecule has 0 bridgehead atoms. The maximum absolute atomic E-state index is 12.0. The van der Waals surface area contributed by atoms with E-state index in [1.54, 1.807) is 6.92 Å². The fourth-order valence-corrected chi connectivity index (χ4v) is 1.76. The third-order valence-corrected chi connectivity index (χ3v) is 2.77. The molecule has 0 saturated heterocycles. The van der Waals surface area contributed by atoms with Crippen molar-refractivity contribution in [1.82, 2.24) is 4.98 Å². The van der Waals surface area contributed by atoms with Crippen LogP contribution in [0.5, 0.6) is 0 Å². The number of hydrogen-bond acceptors (Lipinski definition) is 4. The topological polar surface area (TPSA) is 52.3 Å². The Balaban J connectivity index is 2.54. The first-order chi connectivity index (χ1) is 9.43. The van der Waals surface area contributed by atoms with Crippen molar-refractivity contribution in [3.63, 3.8) is 0 Å². The first-order valence-electron chi connectivity index (χ1n) is 6.67.